The van der Waals surface area contributed by atoms with E-state index < -0.39 is 76.7 Å². The molecule has 1 heterocycles. The van der Waals surface area contributed by atoms with Gasteiger partial charge in [0, 0.05) is 17.3 Å². The lowest BCUT2D eigenvalue weighted by molar-refractivity contribution is -0.433. The standard InChI is InChI=1S/C22H26F2O10S/c23-22(24,35-34-33-29)19(27)32-16-11-2-12-14(18(26)31-15(12)16)13(11)17(25)30-8-20-3-9-1-10(4-20)6-21(28,5-9)7-20/h9-16,28-29H,1-8H2. The summed E-state index contributed by atoms with van der Waals surface area (Å²) in [5.74, 6) is -5.23. The first-order chi connectivity index (χ1) is 16.5. The molecule has 10 nitrogen and oxygen atoms in total. The van der Waals surface area contributed by atoms with Crippen molar-refractivity contribution in [3.05, 3.63) is 0 Å². The fourth-order valence-electron chi connectivity index (χ4n) is 8.64. The molecule has 7 aliphatic rings. The van der Waals surface area contributed by atoms with Crippen molar-refractivity contribution in [3.63, 3.8) is 0 Å². The van der Waals surface area contributed by atoms with Crippen molar-refractivity contribution in [2.45, 2.75) is 68.0 Å². The summed E-state index contributed by atoms with van der Waals surface area (Å²) in [5.41, 5.74) is -0.997. The predicted molar refractivity (Wildman–Crippen MR) is 109 cm³/mol. The Kier molecular flexibility index (Phi) is 5.43. The van der Waals surface area contributed by atoms with Crippen LogP contribution in [-0.2, 0) is 38.0 Å². The molecule has 6 aliphatic carbocycles. The fourth-order valence-corrected chi connectivity index (χ4v) is 8.88. The topological polar surface area (TPSA) is 138 Å². The summed E-state index contributed by atoms with van der Waals surface area (Å²) in [7, 11) is 0. The van der Waals surface area contributed by atoms with Gasteiger partial charge in [-0.25, -0.2) is 10.1 Å². The predicted octanol–water partition coefficient (Wildman–Crippen LogP) is 2.24. The normalized spacial score (nSPS) is 46.7. The summed E-state index contributed by atoms with van der Waals surface area (Å²) in [4.78, 5) is 37.8. The second-order valence-corrected chi connectivity index (χ2v) is 12.2. The van der Waals surface area contributed by atoms with Gasteiger partial charge in [0.05, 0.1) is 24.0 Å². The molecule has 1 aliphatic heterocycles. The number of hydrogen-bond donors (Lipinski definition) is 2. The number of carbonyl (C=O) groups excluding carboxylic acids is 3. The SMILES string of the molecule is O=C1OC2C3CC(C2OC(=O)C(F)(F)SOOO)C(C(=O)OCC24CC5CC(CC(O)(C5)C2)C4)C13. The van der Waals surface area contributed by atoms with Crippen molar-refractivity contribution in [2.75, 3.05) is 6.61 Å². The van der Waals surface area contributed by atoms with E-state index in [1.807, 2.05) is 0 Å². The molecule has 0 aromatic rings. The second-order valence-electron chi connectivity index (χ2n) is 11.4. The lowest BCUT2D eigenvalue weighted by atomic mass is 9.48. The molecule has 0 radical (unpaired) electrons. The van der Waals surface area contributed by atoms with Gasteiger partial charge in [-0.2, -0.15) is 8.78 Å². The van der Waals surface area contributed by atoms with Gasteiger partial charge < -0.3 is 19.3 Å². The van der Waals surface area contributed by atoms with E-state index in [0.29, 0.717) is 24.7 Å². The molecule has 35 heavy (non-hydrogen) atoms. The molecule has 2 N–H and O–H groups in total. The van der Waals surface area contributed by atoms with Gasteiger partial charge in [-0.1, -0.05) is 5.04 Å². The molecule has 8 unspecified atom stereocenters. The average Bonchev–Trinajstić information content (AvgIpc) is 3.38. The highest BCUT2D eigenvalue weighted by atomic mass is 32.2. The third-order valence-corrected chi connectivity index (χ3v) is 9.64. The quantitative estimate of drug-likeness (QED) is 0.160. The number of fused-ring (bicyclic) bond motifs is 1. The third-order valence-electron chi connectivity index (χ3n) is 9.14. The molecule has 1 saturated heterocycles. The van der Waals surface area contributed by atoms with Crippen LogP contribution in [0.15, 0.2) is 0 Å². The van der Waals surface area contributed by atoms with E-state index in [0.717, 1.165) is 32.1 Å². The number of ether oxygens (including phenoxy) is 3. The zero-order valence-corrected chi connectivity index (χ0v) is 19.4. The number of carbonyl (C=O) groups is 3. The van der Waals surface area contributed by atoms with E-state index in [4.69, 9.17) is 19.5 Å². The molecule has 8 atom stereocenters. The first kappa shape index (κ1) is 23.8. The van der Waals surface area contributed by atoms with Gasteiger partial charge in [0.2, 0.25) is 0 Å². The molecule has 7 fully saturated rings. The summed E-state index contributed by atoms with van der Waals surface area (Å²) >= 11 is -0.748. The Balaban J connectivity index is 1.15. The fraction of sp³-hybridized carbons (Fsp3) is 0.864. The molecular weight excluding hydrogens is 494 g/mol. The zero-order valence-electron chi connectivity index (χ0n) is 18.6. The Labute approximate surface area is 203 Å². The van der Waals surface area contributed by atoms with Gasteiger partial charge >= 0.3 is 23.2 Å². The van der Waals surface area contributed by atoms with Crippen molar-refractivity contribution in [2.24, 2.45) is 40.9 Å². The maximum absolute atomic E-state index is 13.9. The molecule has 0 spiro atoms. The lowest BCUT2D eigenvalue weighted by Crippen LogP contribution is -2.57. The van der Waals surface area contributed by atoms with Crippen LogP contribution in [0.5, 0.6) is 0 Å². The summed E-state index contributed by atoms with van der Waals surface area (Å²) in [6.07, 6.45) is 3.18. The van der Waals surface area contributed by atoms with Crippen LogP contribution in [0, 0.1) is 40.9 Å². The van der Waals surface area contributed by atoms with Crippen molar-refractivity contribution in [1.82, 2.24) is 0 Å². The van der Waals surface area contributed by atoms with Crippen LogP contribution < -0.4 is 0 Å². The van der Waals surface area contributed by atoms with Gasteiger partial charge in [-0.3, -0.25) is 9.59 Å². The molecule has 0 amide bonds. The maximum Gasteiger partial charge on any atom is 0.415 e. The molecule has 7 rings (SSSR count). The van der Waals surface area contributed by atoms with Gasteiger partial charge in [0.15, 0.2) is 0 Å². The van der Waals surface area contributed by atoms with Gasteiger partial charge in [0.1, 0.15) is 24.3 Å². The van der Waals surface area contributed by atoms with Crippen LogP contribution in [-0.4, -0.2) is 57.9 Å². The van der Waals surface area contributed by atoms with Crippen LogP contribution in [0.25, 0.3) is 0 Å². The number of aliphatic hydroxyl groups is 1. The summed E-state index contributed by atoms with van der Waals surface area (Å²) in [6, 6.07) is 0. The van der Waals surface area contributed by atoms with E-state index in [9.17, 15) is 28.3 Å². The Hall–Kier alpha value is -1.54. The molecule has 0 aromatic carbocycles. The third kappa shape index (κ3) is 3.76. The highest BCUT2D eigenvalue weighted by Gasteiger charge is 2.71. The smallest absolute Gasteiger partial charge is 0.415 e. The minimum absolute atomic E-state index is 0.137. The second kappa shape index (κ2) is 7.98. The van der Waals surface area contributed by atoms with Crippen molar-refractivity contribution in [3.8, 4) is 0 Å². The summed E-state index contributed by atoms with van der Waals surface area (Å²) < 4.78 is 47.6. The van der Waals surface area contributed by atoms with Gasteiger partial charge in [0.25, 0.3) is 0 Å². The number of hydrogen-bond acceptors (Lipinski definition) is 11. The highest BCUT2D eigenvalue weighted by Crippen LogP contribution is 2.62. The summed E-state index contributed by atoms with van der Waals surface area (Å²) in [6.45, 7) is 0.137. The zero-order chi connectivity index (χ0) is 24.8. The molecule has 13 heteroatoms. The van der Waals surface area contributed by atoms with E-state index in [1.54, 1.807) is 0 Å². The molecule has 194 valence electrons. The molecular formula is C22H26F2O10S. The number of halogens is 2. The van der Waals surface area contributed by atoms with Crippen LogP contribution in [0.1, 0.15) is 44.9 Å². The van der Waals surface area contributed by atoms with Gasteiger partial charge in [-0.15, -0.1) is 4.33 Å². The Morgan fingerprint density at radius 2 is 1.86 bits per heavy atom. The first-order valence-corrected chi connectivity index (χ1v) is 12.6. The number of esters is 3. The van der Waals surface area contributed by atoms with E-state index in [1.165, 1.54) is 0 Å². The number of rotatable bonds is 8. The van der Waals surface area contributed by atoms with Crippen molar-refractivity contribution in [1.29, 1.82) is 0 Å². The lowest BCUT2D eigenvalue weighted by Gasteiger charge is -2.59. The average molecular weight is 521 g/mol. The van der Waals surface area contributed by atoms with Crippen LogP contribution in [0.2, 0.25) is 0 Å². The minimum Gasteiger partial charge on any atom is -0.465 e. The molecule has 6 saturated carbocycles. The Bertz CT molecular complexity index is 931. The van der Waals surface area contributed by atoms with Crippen molar-refractivity contribution < 1.29 is 57.1 Å². The highest BCUT2D eigenvalue weighted by molar-refractivity contribution is 7.96. The van der Waals surface area contributed by atoms with E-state index in [-0.39, 0.29) is 12.0 Å². The Morgan fingerprint density at radius 3 is 2.51 bits per heavy atom. The van der Waals surface area contributed by atoms with Crippen LogP contribution in [0.3, 0.4) is 0 Å². The van der Waals surface area contributed by atoms with Crippen molar-refractivity contribution >= 4 is 30.0 Å². The number of alkyl halides is 2. The molecule has 0 aromatic heterocycles. The van der Waals surface area contributed by atoms with E-state index >= 15 is 0 Å². The van der Waals surface area contributed by atoms with Gasteiger partial charge in [-0.05, 0) is 56.8 Å². The van der Waals surface area contributed by atoms with E-state index in [2.05, 4.69) is 9.37 Å². The maximum atomic E-state index is 13.9. The molecule has 6 bridgehead atoms. The van der Waals surface area contributed by atoms with Crippen LogP contribution >= 0.6 is 12.0 Å². The minimum atomic E-state index is -4.21. The summed E-state index contributed by atoms with van der Waals surface area (Å²) in [5, 5.41) is 17.9. The monoisotopic (exact) mass is 520 g/mol. The largest absolute Gasteiger partial charge is 0.465 e. The Morgan fingerprint density at radius 1 is 1.14 bits per heavy atom. The van der Waals surface area contributed by atoms with Crippen LogP contribution in [0.4, 0.5) is 8.78 Å². The first-order valence-electron chi connectivity index (χ1n) is 11.9.